The monoisotopic (exact) mass is 303 g/mol. The van der Waals surface area contributed by atoms with Gasteiger partial charge in [0, 0.05) is 11.8 Å². The van der Waals surface area contributed by atoms with E-state index >= 15 is 0 Å². The van der Waals surface area contributed by atoms with E-state index < -0.39 is 11.9 Å². The largest absolute Gasteiger partial charge is 0.494 e. The average Bonchev–Trinajstić information content (AvgIpc) is 2.57. The molecule has 6 nitrogen and oxygen atoms in total. The average molecular weight is 303 g/mol. The van der Waals surface area contributed by atoms with Crippen molar-refractivity contribution in [2.24, 2.45) is 0 Å². The van der Waals surface area contributed by atoms with Crippen LogP contribution in [0, 0.1) is 0 Å². The maximum Gasteiger partial charge on any atom is 0.306 e. The smallest absolute Gasteiger partial charge is 0.306 e. The van der Waals surface area contributed by atoms with E-state index in [-0.39, 0.29) is 18.5 Å². The Morgan fingerprint density at radius 1 is 1.09 bits per heavy atom. The van der Waals surface area contributed by atoms with Crippen molar-refractivity contribution < 1.29 is 24.3 Å². The summed E-state index contributed by atoms with van der Waals surface area (Å²) in [6, 6.07) is 10.9. The fourth-order valence-electron chi connectivity index (χ4n) is 2.16. The lowest BCUT2D eigenvalue weighted by Gasteiger charge is -2.19. The second-order valence-electron chi connectivity index (χ2n) is 4.62. The molecule has 0 radical (unpaired) electrons. The Morgan fingerprint density at radius 3 is 2.50 bits per heavy atom. The number of rotatable bonds is 5. The van der Waals surface area contributed by atoms with E-state index in [1.165, 1.54) is 14.2 Å². The van der Waals surface area contributed by atoms with E-state index in [0.29, 0.717) is 10.8 Å². The van der Waals surface area contributed by atoms with Crippen LogP contribution in [0.25, 0.3) is 10.8 Å². The summed E-state index contributed by atoms with van der Waals surface area (Å²) >= 11 is 0. The minimum Gasteiger partial charge on any atom is -0.494 e. The summed E-state index contributed by atoms with van der Waals surface area (Å²) in [7, 11) is 2.72. The lowest BCUT2D eigenvalue weighted by atomic mass is 10.1. The van der Waals surface area contributed by atoms with Gasteiger partial charge in [0.25, 0.3) is 5.91 Å². The van der Waals surface area contributed by atoms with Gasteiger partial charge in [0.2, 0.25) is 0 Å². The molecule has 1 N–H and O–H groups in total. The van der Waals surface area contributed by atoms with Gasteiger partial charge in [-0.3, -0.25) is 14.8 Å². The van der Waals surface area contributed by atoms with Crippen LogP contribution in [0.2, 0.25) is 0 Å². The van der Waals surface area contributed by atoms with E-state index in [1.807, 2.05) is 24.3 Å². The van der Waals surface area contributed by atoms with Crippen molar-refractivity contribution in [2.45, 2.75) is 12.8 Å². The van der Waals surface area contributed by atoms with Crippen molar-refractivity contribution in [3.63, 3.8) is 0 Å². The third kappa shape index (κ3) is 3.17. The van der Waals surface area contributed by atoms with Crippen LogP contribution in [0.5, 0.6) is 5.75 Å². The molecule has 0 aliphatic heterocycles. The molecule has 0 unspecified atom stereocenters. The number of ether oxygens (including phenoxy) is 2. The Kier molecular flexibility index (Phi) is 4.95. The van der Waals surface area contributed by atoms with E-state index in [9.17, 15) is 14.8 Å². The molecular formula is C16H17NO5. The molecule has 2 aromatic rings. The molecule has 1 amide bonds. The number of esters is 1. The third-order valence-electron chi connectivity index (χ3n) is 3.30. The number of nitrogens with zero attached hydrogens (tertiary/aromatic N) is 1. The second kappa shape index (κ2) is 6.91. The van der Waals surface area contributed by atoms with Gasteiger partial charge in [0.05, 0.1) is 20.6 Å². The molecule has 2 rings (SSSR count). The number of methoxy groups -OCH3 is 2. The van der Waals surface area contributed by atoms with Gasteiger partial charge in [0.1, 0.15) is 5.69 Å². The summed E-state index contributed by atoms with van der Waals surface area (Å²) in [5, 5.41) is 12.3. The first kappa shape index (κ1) is 15.8. The van der Waals surface area contributed by atoms with Crippen LogP contribution in [0.1, 0.15) is 12.8 Å². The van der Waals surface area contributed by atoms with Crippen LogP contribution in [-0.2, 0) is 14.3 Å². The number of hydroxylamine groups is 1. The minimum absolute atomic E-state index is 0.0950. The molecule has 0 saturated carbocycles. The van der Waals surface area contributed by atoms with E-state index in [1.54, 1.807) is 12.1 Å². The van der Waals surface area contributed by atoms with Gasteiger partial charge in [-0.1, -0.05) is 30.3 Å². The first-order valence-electron chi connectivity index (χ1n) is 6.73. The molecule has 0 heterocycles. The zero-order valence-corrected chi connectivity index (χ0v) is 12.4. The molecule has 6 heteroatoms. The Labute approximate surface area is 127 Å². The summed E-state index contributed by atoms with van der Waals surface area (Å²) < 4.78 is 9.80. The van der Waals surface area contributed by atoms with Crippen LogP contribution in [0.3, 0.4) is 0 Å². The summed E-state index contributed by atoms with van der Waals surface area (Å²) in [6.45, 7) is 0. The number of fused-ring (bicyclic) bond motifs is 1. The molecular weight excluding hydrogens is 286 g/mol. The van der Waals surface area contributed by atoms with Gasteiger partial charge >= 0.3 is 5.97 Å². The molecule has 0 saturated heterocycles. The van der Waals surface area contributed by atoms with Crippen LogP contribution in [0.15, 0.2) is 36.4 Å². The molecule has 0 bridgehead atoms. The molecule has 116 valence electrons. The summed E-state index contributed by atoms with van der Waals surface area (Å²) in [6.07, 6.45) is -0.249. The van der Waals surface area contributed by atoms with Gasteiger partial charge in [-0.2, -0.15) is 5.06 Å². The molecule has 22 heavy (non-hydrogen) atoms. The fraction of sp³-hybridized carbons (Fsp3) is 0.250. The normalized spacial score (nSPS) is 10.3. The molecule has 0 aliphatic rings. The SMILES string of the molecule is COC(=O)CCC(=O)N(O)c1ccc2ccccc2c1OC. The van der Waals surface area contributed by atoms with Gasteiger partial charge in [-0.15, -0.1) is 0 Å². The highest BCUT2D eigenvalue weighted by atomic mass is 16.5. The van der Waals surface area contributed by atoms with E-state index in [2.05, 4.69) is 4.74 Å². The molecule has 0 aromatic heterocycles. The Balaban J connectivity index is 2.29. The summed E-state index contributed by atoms with van der Waals surface area (Å²) in [5.74, 6) is -0.724. The quantitative estimate of drug-likeness (QED) is 0.522. The Hall–Kier alpha value is -2.60. The van der Waals surface area contributed by atoms with Crippen LogP contribution in [0.4, 0.5) is 5.69 Å². The van der Waals surface area contributed by atoms with Crippen molar-refractivity contribution in [3.8, 4) is 5.75 Å². The highest BCUT2D eigenvalue weighted by Crippen LogP contribution is 2.35. The van der Waals surface area contributed by atoms with E-state index in [4.69, 9.17) is 4.74 Å². The summed E-state index contributed by atoms with van der Waals surface area (Å²) in [5.41, 5.74) is 0.232. The summed E-state index contributed by atoms with van der Waals surface area (Å²) in [4.78, 5) is 23.1. The van der Waals surface area contributed by atoms with Crippen molar-refractivity contribution in [2.75, 3.05) is 19.3 Å². The number of carbonyl (C=O) groups is 2. The van der Waals surface area contributed by atoms with Crippen molar-refractivity contribution in [1.82, 2.24) is 0 Å². The number of amides is 1. The standard InChI is InChI=1S/C16H17NO5/c1-21-15(19)10-9-14(18)17(20)13-8-7-11-5-3-4-6-12(11)16(13)22-2/h3-8,20H,9-10H2,1-2H3. The molecule has 2 aromatic carbocycles. The highest BCUT2D eigenvalue weighted by Gasteiger charge is 2.20. The molecule has 0 spiro atoms. The van der Waals surface area contributed by atoms with Gasteiger partial charge in [-0.05, 0) is 11.5 Å². The van der Waals surface area contributed by atoms with Gasteiger partial charge in [-0.25, -0.2) is 0 Å². The predicted molar refractivity (Wildman–Crippen MR) is 81.0 cm³/mol. The minimum atomic E-state index is -0.612. The van der Waals surface area contributed by atoms with Crippen LogP contribution in [-0.4, -0.2) is 31.3 Å². The first-order chi connectivity index (χ1) is 10.6. The highest BCUT2D eigenvalue weighted by molar-refractivity contribution is 6.00. The molecule has 0 fully saturated rings. The zero-order chi connectivity index (χ0) is 16.1. The predicted octanol–water partition coefficient (Wildman–Crippen LogP) is 2.52. The van der Waals surface area contributed by atoms with Crippen molar-refractivity contribution in [1.29, 1.82) is 0 Å². The van der Waals surface area contributed by atoms with Gasteiger partial charge in [0.15, 0.2) is 5.75 Å². The van der Waals surface area contributed by atoms with Gasteiger partial charge < -0.3 is 9.47 Å². The third-order valence-corrected chi connectivity index (χ3v) is 3.30. The maximum atomic E-state index is 12.0. The second-order valence-corrected chi connectivity index (χ2v) is 4.62. The molecule has 0 aliphatic carbocycles. The Bertz CT molecular complexity index is 698. The number of hydrogen-bond donors (Lipinski definition) is 1. The number of carbonyl (C=O) groups excluding carboxylic acids is 2. The fourth-order valence-corrected chi connectivity index (χ4v) is 2.16. The van der Waals surface area contributed by atoms with Crippen LogP contribution < -0.4 is 9.80 Å². The number of hydrogen-bond acceptors (Lipinski definition) is 5. The molecule has 0 atom stereocenters. The number of anilines is 1. The van der Waals surface area contributed by atoms with Crippen molar-refractivity contribution >= 4 is 28.3 Å². The first-order valence-corrected chi connectivity index (χ1v) is 6.73. The van der Waals surface area contributed by atoms with Crippen molar-refractivity contribution in [3.05, 3.63) is 36.4 Å². The number of benzene rings is 2. The van der Waals surface area contributed by atoms with Crippen LogP contribution >= 0.6 is 0 Å². The Morgan fingerprint density at radius 2 is 1.82 bits per heavy atom. The zero-order valence-electron chi connectivity index (χ0n) is 12.4. The lowest BCUT2D eigenvalue weighted by molar-refractivity contribution is -0.142. The topological polar surface area (TPSA) is 76.1 Å². The maximum absolute atomic E-state index is 12.0. The van der Waals surface area contributed by atoms with E-state index in [0.717, 1.165) is 10.8 Å². The lowest BCUT2D eigenvalue weighted by Crippen LogP contribution is -2.27.